The average Bonchev–Trinajstić information content (AvgIpc) is 3.38. The minimum absolute atomic E-state index is 0.0917. The number of carbonyl (C=O) groups excluding carboxylic acids is 1. The Labute approximate surface area is 163 Å². The largest absolute Gasteiger partial charge is 0.467 e. The first-order valence-electron chi connectivity index (χ1n) is 9.41. The Hall–Kier alpha value is -3.41. The number of hydrogen-bond acceptors (Lipinski definition) is 4. The van der Waals surface area contributed by atoms with E-state index in [2.05, 4.69) is 10.4 Å². The molecule has 6 nitrogen and oxygen atoms in total. The van der Waals surface area contributed by atoms with Gasteiger partial charge in [-0.3, -0.25) is 4.79 Å². The maximum Gasteiger partial charge on any atom is 0.252 e. The lowest BCUT2D eigenvalue weighted by Gasteiger charge is -2.13. The molecule has 3 heterocycles. The highest BCUT2D eigenvalue weighted by atomic mass is 16.3. The first-order chi connectivity index (χ1) is 13.7. The number of rotatable bonds is 6. The van der Waals surface area contributed by atoms with Gasteiger partial charge < -0.3 is 9.73 Å². The second kappa shape index (κ2) is 7.68. The standard InChI is InChI=1S/C22H22N4O2/c1-3-15(2)24-22(27)18-12-20(16-8-5-4-6-9-16)25-21-19(18)13-23-26(21)14-17-10-7-11-28-17/h4-13,15H,3,14H2,1-2H3,(H,24,27)/t15-/m1/s1. The molecule has 3 aromatic heterocycles. The summed E-state index contributed by atoms with van der Waals surface area (Å²) in [5, 5.41) is 8.24. The first-order valence-corrected chi connectivity index (χ1v) is 9.41. The van der Waals surface area contributed by atoms with Crippen LogP contribution in [0, 0.1) is 0 Å². The molecule has 6 heteroatoms. The molecule has 0 saturated heterocycles. The SMILES string of the molecule is CC[C@@H](C)NC(=O)c1cc(-c2ccccc2)nc2c1cnn2Cc1ccco1. The molecule has 0 radical (unpaired) electrons. The molecular weight excluding hydrogens is 352 g/mol. The van der Waals surface area contributed by atoms with Gasteiger partial charge >= 0.3 is 0 Å². The van der Waals surface area contributed by atoms with Crippen molar-refractivity contribution in [1.29, 1.82) is 0 Å². The van der Waals surface area contributed by atoms with Crippen LogP contribution in [0.3, 0.4) is 0 Å². The monoisotopic (exact) mass is 374 g/mol. The number of benzene rings is 1. The second-order valence-electron chi connectivity index (χ2n) is 6.82. The van der Waals surface area contributed by atoms with E-state index in [1.807, 2.05) is 62.4 Å². The van der Waals surface area contributed by atoms with Crippen molar-refractivity contribution in [1.82, 2.24) is 20.1 Å². The molecule has 0 bridgehead atoms. The van der Waals surface area contributed by atoms with E-state index in [0.29, 0.717) is 17.8 Å². The highest BCUT2D eigenvalue weighted by Crippen LogP contribution is 2.25. The summed E-state index contributed by atoms with van der Waals surface area (Å²) in [6.45, 7) is 4.49. The lowest BCUT2D eigenvalue weighted by atomic mass is 10.1. The lowest BCUT2D eigenvalue weighted by Crippen LogP contribution is -2.32. The van der Waals surface area contributed by atoms with Crippen LogP contribution in [0.5, 0.6) is 0 Å². The van der Waals surface area contributed by atoms with Gasteiger partial charge in [0.25, 0.3) is 5.91 Å². The van der Waals surface area contributed by atoms with Crippen molar-refractivity contribution in [2.45, 2.75) is 32.9 Å². The van der Waals surface area contributed by atoms with Gasteiger partial charge in [0.15, 0.2) is 5.65 Å². The van der Waals surface area contributed by atoms with Crippen LogP contribution in [0.1, 0.15) is 36.4 Å². The molecule has 4 rings (SSSR count). The van der Waals surface area contributed by atoms with Gasteiger partial charge in [0, 0.05) is 11.6 Å². The Balaban J connectivity index is 1.84. The highest BCUT2D eigenvalue weighted by Gasteiger charge is 2.19. The Kier molecular flexibility index (Phi) is 4.93. The molecule has 1 N–H and O–H groups in total. The van der Waals surface area contributed by atoms with E-state index in [9.17, 15) is 4.79 Å². The lowest BCUT2D eigenvalue weighted by molar-refractivity contribution is 0.0941. The van der Waals surface area contributed by atoms with Crippen molar-refractivity contribution in [3.8, 4) is 11.3 Å². The summed E-state index contributed by atoms with van der Waals surface area (Å²) >= 11 is 0. The van der Waals surface area contributed by atoms with Gasteiger partial charge in [-0.15, -0.1) is 0 Å². The number of hydrogen-bond donors (Lipinski definition) is 1. The summed E-state index contributed by atoms with van der Waals surface area (Å²) in [6, 6.07) is 15.5. The summed E-state index contributed by atoms with van der Waals surface area (Å²) in [4.78, 5) is 17.8. The fraction of sp³-hybridized carbons (Fsp3) is 0.227. The predicted octanol–water partition coefficient (Wildman–Crippen LogP) is 4.27. The first kappa shape index (κ1) is 18.0. The second-order valence-corrected chi connectivity index (χ2v) is 6.82. The number of amides is 1. The van der Waals surface area contributed by atoms with E-state index in [0.717, 1.165) is 28.8 Å². The minimum atomic E-state index is -0.114. The van der Waals surface area contributed by atoms with Gasteiger partial charge in [-0.1, -0.05) is 37.3 Å². The van der Waals surface area contributed by atoms with Crippen LogP contribution in [0.25, 0.3) is 22.3 Å². The van der Waals surface area contributed by atoms with Crippen LogP contribution in [-0.2, 0) is 6.54 Å². The fourth-order valence-electron chi connectivity index (χ4n) is 3.06. The van der Waals surface area contributed by atoms with E-state index in [4.69, 9.17) is 9.40 Å². The summed E-state index contributed by atoms with van der Waals surface area (Å²) in [5.41, 5.74) is 2.93. The molecule has 0 aliphatic heterocycles. The minimum Gasteiger partial charge on any atom is -0.467 e. The van der Waals surface area contributed by atoms with Crippen LogP contribution in [0.2, 0.25) is 0 Å². The molecule has 1 atom stereocenters. The van der Waals surface area contributed by atoms with Gasteiger partial charge in [-0.25, -0.2) is 9.67 Å². The Morgan fingerprint density at radius 3 is 2.75 bits per heavy atom. The van der Waals surface area contributed by atoms with Crippen molar-refractivity contribution >= 4 is 16.9 Å². The van der Waals surface area contributed by atoms with Gasteiger partial charge in [0.05, 0.1) is 29.1 Å². The normalized spacial score (nSPS) is 12.2. The number of carbonyl (C=O) groups is 1. The molecule has 0 unspecified atom stereocenters. The number of nitrogens with zero attached hydrogens (tertiary/aromatic N) is 3. The molecule has 28 heavy (non-hydrogen) atoms. The summed E-state index contributed by atoms with van der Waals surface area (Å²) < 4.78 is 7.21. The average molecular weight is 374 g/mol. The van der Waals surface area contributed by atoms with Crippen molar-refractivity contribution < 1.29 is 9.21 Å². The number of furan rings is 1. The molecule has 1 aromatic carbocycles. The van der Waals surface area contributed by atoms with Crippen LogP contribution >= 0.6 is 0 Å². The van der Waals surface area contributed by atoms with Gasteiger partial charge in [-0.05, 0) is 31.5 Å². The fourth-order valence-corrected chi connectivity index (χ4v) is 3.06. The Bertz CT molecular complexity index is 1080. The van der Waals surface area contributed by atoms with Gasteiger partial charge in [0.1, 0.15) is 12.3 Å². The number of nitrogens with one attached hydrogen (secondary N) is 1. The highest BCUT2D eigenvalue weighted by molar-refractivity contribution is 6.06. The maximum atomic E-state index is 12.9. The predicted molar refractivity (Wildman–Crippen MR) is 108 cm³/mol. The third kappa shape index (κ3) is 3.53. The van der Waals surface area contributed by atoms with Gasteiger partial charge in [0.2, 0.25) is 0 Å². The van der Waals surface area contributed by atoms with E-state index in [-0.39, 0.29) is 11.9 Å². The van der Waals surface area contributed by atoms with Crippen LogP contribution in [-0.4, -0.2) is 26.7 Å². The van der Waals surface area contributed by atoms with Crippen LogP contribution in [0.15, 0.2) is 65.4 Å². The summed E-state index contributed by atoms with van der Waals surface area (Å²) in [7, 11) is 0. The zero-order chi connectivity index (χ0) is 19.5. The zero-order valence-electron chi connectivity index (χ0n) is 15.9. The number of aromatic nitrogens is 3. The summed E-state index contributed by atoms with van der Waals surface area (Å²) in [5.74, 6) is 0.666. The van der Waals surface area contributed by atoms with Crippen molar-refractivity contribution in [2.75, 3.05) is 0 Å². The number of fused-ring (bicyclic) bond motifs is 1. The topological polar surface area (TPSA) is 73.0 Å². The van der Waals surface area contributed by atoms with E-state index >= 15 is 0 Å². The van der Waals surface area contributed by atoms with Crippen molar-refractivity contribution in [3.05, 3.63) is 72.3 Å². The molecule has 142 valence electrons. The van der Waals surface area contributed by atoms with Crippen molar-refractivity contribution in [3.63, 3.8) is 0 Å². The third-order valence-corrected chi connectivity index (χ3v) is 4.80. The van der Waals surface area contributed by atoms with E-state index < -0.39 is 0 Å². The maximum absolute atomic E-state index is 12.9. The zero-order valence-corrected chi connectivity index (χ0v) is 15.9. The molecule has 1 amide bonds. The molecule has 0 aliphatic carbocycles. The number of pyridine rings is 1. The molecule has 0 spiro atoms. The Morgan fingerprint density at radius 1 is 1.21 bits per heavy atom. The smallest absolute Gasteiger partial charge is 0.252 e. The summed E-state index contributed by atoms with van der Waals surface area (Å²) in [6.07, 6.45) is 4.20. The molecule has 4 aromatic rings. The Morgan fingerprint density at radius 2 is 2.04 bits per heavy atom. The van der Waals surface area contributed by atoms with Crippen LogP contribution < -0.4 is 5.32 Å². The van der Waals surface area contributed by atoms with Crippen LogP contribution in [0.4, 0.5) is 0 Å². The molecular formula is C22H22N4O2. The van der Waals surface area contributed by atoms with E-state index in [1.165, 1.54) is 0 Å². The molecule has 0 aliphatic rings. The molecule has 0 saturated carbocycles. The molecule has 0 fully saturated rings. The quantitative estimate of drug-likeness (QED) is 0.547. The van der Waals surface area contributed by atoms with Crippen molar-refractivity contribution in [2.24, 2.45) is 0 Å². The van der Waals surface area contributed by atoms with Gasteiger partial charge in [-0.2, -0.15) is 5.10 Å². The third-order valence-electron chi connectivity index (χ3n) is 4.80. The van der Waals surface area contributed by atoms with E-state index in [1.54, 1.807) is 17.1 Å².